The van der Waals surface area contributed by atoms with Crippen LogP contribution in [0.4, 0.5) is 5.69 Å². The first kappa shape index (κ1) is 20.8. The second kappa shape index (κ2) is 9.14. The van der Waals surface area contributed by atoms with Crippen LogP contribution in [-0.4, -0.2) is 46.0 Å². The number of para-hydroxylation sites is 1. The van der Waals surface area contributed by atoms with E-state index >= 15 is 0 Å². The van der Waals surface area contributed by atoms with E-state index in [1.54, 1.807) is 6.07 Å². The van der Waals surface area contributed by atoms with E-state index < -0.39 is 0 Å². The molecule has 0 saturated carbocycles. The molecule has 0 aliphatic heterocycles. The van der Waals surface area contributed by atoms with Crippen molar-refractivity contribution in [3.05, 3.63) is 70.9 Å². The third kappa shape index (κ3) is 5.00. The topological polar surface area (TPSA) is 83.0 Å². The van der Waals surface area contributed by atoms with Crippen LogP contribution in [0, 0.1) is 0 Å². The van der Waals surface area contributed by atoms with Crippen LogP contribution in [0.5, 0.6) is 0 Å². The molecule has 7 heteroatoms. The number of hydrogen-bond acceptors (Lipinski definition) is 4. The minimum absolute atomic E-state index is 0.0467. The lowest BCUT2D eigenvalue weighted by Crippen LogP contribution is -2.17. The Labute approximate surface area is 180 Å². The SMILES string of the molecule is CN(C)CCn1ccc2cc(NC(=O)CCCc3nc4ccccc4c(=O)[nH]3)ccc21. The highest BCUT2D eigenvalue weighted by Crippen LogP contribution is 2.21. The fourth-order valence-electron chi connectivity index (χ4n) is 3.67. The van der Waals surface area contributed by atoms with E-state index in [0.717, 1.165) is 29.7 Å². The molecule has 0 bridgehead atoms. The Morgan fingerprint density at radius 2 is 2.00 bits per heavy atom. The van der Waals surface area contributed by atoms with Crippen LogP contribution in [0.25, 0.3) is 21.8 Å². The van der Waals surface area contributed by atoms with Gasteiger partial charge in [0.1, 0.15) is 5.82 Å². The van der Waals surface area contributed by atoms with Crippen molar-refractivity contribution in [3.63, 3.8) is 0 Å². The molecule has 31 heavy (non-hydrogen) atoms. The first-order valence-corrected chi connectivity index (χ1v) is 10.5. The maximum absolute atomic E-state index is 12.4. The number of aryl methyl sites for hydroxylation is 1. The van der Waals surface area contributed by atoms with Crippen molar-refractivity contribution in [3.8, 4) is 0 Å². The van der Waals surface area contributed by atoms with Crippen molar-refractivity contribution in [2.24, 2.45) is 0 Å². The zero-order chi connectivity index (χ0) is 21.8. The van der Waals surface area contributed by atoms with Gasteiger partial charge in [0, 0.05) is 48.7 Å². The molecule has 7 nitrogen and oxygen atoms in total. The van der Waals surface area contributed by atoms with Crippen molar-refractivity contribution in [2.45, 2.75) is 25.8 Å². The molecular weight excluding hydrogens is 390 g/mol. The average molecular weight is 418 g/mol. The van der Waals surface area contributed by atoms with Crippen LogP contribution in [0.1, 0.15) is 18.7 Å². The number of hydrogen-bond donors (Lipinski definition) is 2. The summed E-state index contributed by atoms with van der Waals surface area (Å²) in [6.07, 6.45) is 3.59. The molecule has 4 rings (SSSR count). The van der Waals surface area contributed by atoms with Gasteiger partial charge in [-0.2, -0.15) is 0 Å². The highest BCUT2D eigenvalue weighted by molar-refractivity contribution is 5.93. The summed E-state index contributed by atoms with van der Waals surface area (Å²) in [6.45, 7) is 1.90. The number of aromatic nitrogens is 3. The number of carbonyl (C=O) groups is 1. The summed E-state index contributed by atoms with van der Waals surface area (Å²) in [7, 11) is 4.13. The third-order valence-electron chi connectivity index (χ3n) is 5.32. The predicted octanol–water partition coefficient (Wildman–Crippen LogP) is 3.40. The van der Waals surface area contributed by atoms with Gasteiger partial charge in [-0.15, -0.1) is 0 Å². The fraction of sp³-hybridized carbons (Fsp3) is 0.292. The van der Waals surface area contributed by atoms with E-state index in [9.17, 15) is 9.59 Å². The van der Waals surface area contributed by atoms with Gasteiger partial charge in [0.2, 0.25) is 5.91 Å². The summed E-state index contributed by atoms with van der Waals surface area (Å²) in [5, 5.41) is 4.66. The molecule has 0 unspecified atom stereocenters. The molecule has 0 radical (unpaired) electrons. The highest BCUT2D eigenvalue weighted by Gasteiger charge is 2.08. The largest absolute Gasteiger partial charge is 0.346 e. The van der Waals surface area contributed by atoms with Crippen LogP contribution in [-0.2, 0) is 17.8 Å². The number of fused-ring (bicyclic) bond motifs is 2. The Hall–Kier alpha value is -3.45. The molecule has 160 valence electrons. The fourth-order valence-corrected chi connectivity index (χ4v) is 3.67. The van der Waals surface area contributed by atoms with Crippen molar-refractivity contribution in [2.75, 3.05) is 26.0 Å². The lowest BCUT2D eigenvalue weighted by atomic mass is 10.2. The number of carbonyl (C=O) groups excluding carboxylic acids is 1. The number of nitrogens with zero attached hydrogens (tertiary/aromatic N) is 3. The molecule has 0 aliphatic carbocycles. The molecule has 4 aromatic rings. The van der Waals surface area contributed by atoms with Gasteiger partial charge in [0.15, 0.2) is 0 Å². The maximum Gasteiger partial charge on any atom is 0.258 e. The molecule has 2 aromatic carbocycles. The zero-order valence-electron chi connectivity index (χ0n) is 17.9. The Kier molecular flexibility index (Phi) is 6.13. The maximum atomic E-state index is 12.4. The third-order valence-corrected chi connectivity index (χ3v) is 5.32. The summed E-state index contributed by atoms with van der Waals surface area (Å²) in [6, 6.07) is 15.3. The minimum Gasteiger partial charge on any atom is -0.346 e. The van der Waals surface area contributed by atoms with Gasteiger partial charge in [-0.1, -0.05) is 12.1 Å². The number of aromatic amines is 1. The van der Waals surface area contributed by atoms with Gasteiger partial charge in [-0.3, -0.25) is 9.59 Å². The van der Waals surface area contributed by atoms with Crippen molar-refractivity contribution >= 4 is 33.4 Å². The molecule has 0 fully saturated rings. The van der Waals surface area contributed by atoms with Crippen molar-refractivity contribution in [1.29, 1.82) is 0 Å². The second-order valence-corrected chi connectivity index (χ2v) is 8.02. The Bertz CT molecular complexity index is 1270. The lowest BCUT2D eigenvalue weighted by Gasteiger charge is -2.11. The Morgan fingerprint density at radius 3 is 2.84 bits per heavy atom. The first-order chi connectivity index (χ1) is 15.0. The van der Waals surface area contributed by atoms with E-state index in [1.807, 2.05) is 36.4 Å². The van der Waals surface area contributed by atoms with Crippen molar-refractivity contribution in [1.82, 2.24) is 19.4 Å². The molecule has 1 amide bonds. The summed E-state index contributed by atoms with van der Waals surface area (Å²) in [4.78, 5) is 34.0. The van der Waals surface area contributed by atoms with Gasteiger partial charge in [0.25, 0.3) is 5.56 Å². The smallest absolute Gasteiger partial charge is 0.258 e. The number of nitrogens with one attached hydrogen (secondary N) is 2. The van der Waals surface area contributed by atoms with Gasteiger partial charge in [-0.25, -0.2) is 4.98 Å². The number of H-pyrrole nitrogens is 1. The summed E-state index contributed by atoms with van der Waals surface area (Å²) in [5.74, 6) is 0.562. The molecule has 0 spiro atoms. The average Bonchev–Trinajstić information content (AvgIpc) is 3.14. The number of benzene rings is 2. The summed E-state index contributed by atoms with van der Waals surface area (Å²) >= 11 is 0. The van der Waals surface area contributed by atoms with Crippen LogP contribution in [0.2, 0.25) is 0 Å². The molecule has 2 heterocycles. The van der Waals surface area contributed by atoms with Crippen LogP contribution in [0.3, 0.4) is 0 Å². The van der Waals surface area contributed by atoms with E-state index in [0.29, 0.717) is 36.0 Å². The first-order valence-electron chi connectivity index (χ1n) is 10.5. The van der Waals surface area contributed by atoms with Gasteiger partial charge in [-0.05, 0) is 56.9 Å². The Morgan fingerprint density at radius 1 is 1.16 bits per heavy atom. The quantitative estimate of drug-likeness (QED) is 0.460. The molecule has 2 aromatic heterocycles. The van der Waals surface area contributed by atoms with Crippen LogP contribution < -0.4 is 10.9 Å². The lowest BCUT2D eigenvalue weighted by molar-refractivity contribution is -0.116. The normalized spacial score (nSPS) is 11.5. The predicted molar refractivity (Wildman–Crippen MR) is 124 cm³/mol. The summed E-state index contributed by atoms with van der Waals surface area (Å²) in [5.41, 5.74) is 2.48. The van der Waals surface area contributed by atoms with Crippen LogP contribution >= 0.6 is 0 Å². The molecule has 0 saturated heterocycles. The molecule has 0 aliphatic rings. The monoisotopic (exact) mass is 417 g/mol. The number of likely N-dealkylation sites (N-methyl/N-ethyl adjacent to an activating group) is 1. The van der Waals surface area contributed by atoms with E-state index in [1.165, 1.54) is 0 Å². The standard InChI is InChI=1S/C24H27N5O2/c1-28(2)14-15-29-13-12-17-16-18(10-11-21(17)29)25-23(30)9-5-8-22-26-20-7-4-3-6-19(20)24(31)27-22/h3-4,6-7,10-13,16H,5,8-9,14-15H2,1-2H3,(H,25,30)(H,26,27,31). The molecule has 2 N–H and O–H groups in total. The number of rotatable bonds is 8. The van der Waals surface area contributed by atoms with E-state index in [4.69, 9.17) is 0 Å². The van der Waals surface area contributed by atoms with Gasteiger partial charge in [0.05, 0.1) is 10.9 Å². The number of anilines is 1. The number of amides is 1. The van der Waals surface area contributed by atoms with Gasteiger partial charge < -0.3 is 19.8 Å². The molecular formula is C24H27N5O2. The van der Waals surface area contributed by atoms with Gasteiger partial charge >= 0.3 is 0 Å². The van der Waals surface area contributed by atoms with Crippen LogP contribution in [0.15, 0.2) is 59.5 Å². The van der Waals surface area contributed by atoms with E-state index in [-0.39, 0.29) is 11.5 Å². The highest BCUT2D eigenvalue weighted by atomic mass is 16.1. The Balaban J connectivity index is 1.33. The minimum atomic E-state index is -0.143. The van der Waals surface area contributed by atoms with E-state index in [2.05, 4.69) is 51.1 Å². The second-order valence-electron chi connectivity index (χ2n) is 8.02. The molecule has 0 atom stereocenters. The summed E-state index contributed by atoms with van der Waals surface area (Å²) < 4.78 is 2.22. The zero-order valence-corrected chi connectivity index (χ0v) is 17.9. The van der Waals surface area contributed by atoms with Crippen molar-refractivity contribution < 1.29 is 4.79 Å².